The van der Waals surface area contributed by atoms with Gasteiger partial charge in [0, 0.05) is 6.08 Å². The Bertz CT molecular complexity index is 1200. The van der Waals surface area contributed by atoms with Gasteiger partial charge in [-0.1, -0.05) is 57.0 Å². The van der Waals surface area contributed by atoms with E-state index in [0.29, 0.717) is 30.3 Å². The van der Waals surface area contributed by atoms with E-state index >= 15 is 0 Å². The lowest BCUT2D eigenvalue weighted by atomic mass is 10.0. The standard InChI is InChI=1S/C36H44O6/c1-3-5-6-9-26-39-32-20-14-29(15-21-32)12-13-30-16-22-34(23-17-30)42-36(38)31-18-24-33(25-19-31)40-27-10-7-8-11-28-41-35(37)4-2/h4,14-25H,2-3,5-13,26-28H2,1H3. The number of rotatable bonds is 20. The molecule has 0 aliphatic rings. The maximum absolute atomic E-state index is 12.6. The Hall–Kier alpha value is -4.06. The first-order valence-corrected chi connectivity index (χ1v) is 15.1. The van der Waals surface area contributed by atoms with Gasteiger partial charge in [-0.25, -0.2) is 9.59 Å². The van der Waals surface area contributed by atoms with Crippen molar-refractivity contribution in [1.29, 1.82) is 0 Å². The van der Waals surface area contributed by atoms with E-state index in [9.17, 15) is 9.59 Å². The molecule has 0 aliphatic carbocycles. The van der Waals surface area contributed by atoms with Crippen molar-refractivity contribution in [2.45, 2.75) is 71.1 Å². The van der Waals surface area contributed by atoms with E-state index in [-0.39, 0.29) is 5.97 Å². The molecular formula is C36H44O6. The zero-order valence-electron chi connectivity index (χ0n) is 24.9. The molecule has 0 aromatic heterocycles. The second kappa shape index (κ2) is 19.1. The molecule has 0 spiro atoms. The fraction of sp³-hybridized carbons (Fsp3) is 0.389. The second-order valence-electron chi connectivity index (χ2n) is 10.2. The van der Waals surface area contributed by atoms with Crippen molar-refractivity contribution in [2.75, 3.05) is 19.8 Å². The van der Waals surface area contributed by atoms with Crippen molar-refractivity contribution in [3.8, 4) is 17.2 Å². The fourth-order valence-electron chi connectivity index (χ4n) is 4.32. The molecule has 3 aromatic carbocycles. The van der Waals surface area contributed by atoms with E-state index in [1.54, 1.807) is 24.3 Å². The first kappa shape index (κ1) is 32.5. The van der Waals surface area contributed by atoms with Crippen molar-refractivity contribution in [3.05, 3.63) is 102 Å². The highest BCUT2D eigenvalue weighted by Gasteiger charge is 2.09. The predicted octanol–water partition coefficient (Wildman–Crippen LogP) is 8.32. The third kappa shape index (κ3) is 12.6. The van der Waals surface area contributed by atoms with Gasteiger partial charge in [-0.05, 0) is 105 Å². The highest BCUT2D eigenvalue weighted by molar-refractivity contribution is 5.91. The molecule has 6 nitrogen and oxygen atoms in total. The summed E-state index contributed by atoms with van der Waals surface area (Å²) in [6.45, 7) is 7.36. The first-order valence-electron chi connectivity index (χ1n) is 15.1. The smallest absolute Gasteiger partial charge is 0.343 e. The Labute approximate surface area is 250 Å². The summed E-state index contributed by atoms with van der Waals surface area (Å²) in [6, 6.07) is 23.0. The monoisotopic (exact) mass is 572 g/mol. The SMILES string of the molecule is C=CC(=O)OCCCCCCOc1ccc(C(=O)Oc2ccc(CCc3ccc(OCCCCCC)cc3)cc2)cc1. The Morgan fingerprint density at radius 1 is 0.619 bits per heavy atom. The number of unbranched alkanes of at least 4 members (excludes halogenated alkanes) is 6. The van der Waals surface area contributed by atoms with Crippen LogP contribution >= 0.6 is 0 Å². The van der Waals surface area contributed by atoms with Gasteiger partial charge in [-0.3, -0.25) is 0 Å². The third-order valence-electron chi connectivity index (χ3n) is 6.83. The molecule has 0 amide bonds. The number of hydrogen-bond acceptors (Lipinski definition) is 6. The molecule has 6 heteroatoms. The molecule has 0 N–H and O–H groups in total. The summed E-state index contributed by atoms with van der Waals surface area (Å²) < 4.78 is 22.1. The van der Waals surface area contributed by atoms with Gasteiger partial charge < -0.3 is 18.9 Å². The molecule has 0 fully saturated rings. The number of aryl methyl sites for hydroxylation is 2. The first-order chi connectivity index (χ1) is 20.6. The van der Waals surface area contributed by atoms with Crippen LogP contribution in [0.15, 0.2) is 85.5 Å². The zero-order chi connectivity index (χ0) is 29.8. The summed E-state index contributed by atoms with van der Waals surface area (Å²) in [5, 5.41) is 0. The summed E-state index contributed by atoms with van der Waals surface area (Å²) in [5.41, 5.74) is 2.91. The Morgan fingerprint density at radius 2 is 1.10 bits per heavy atom. The Morgan fingerprint density at radius 3 is 1.62 bits per heavy atom. The molecule has 3 aromatic rings. The molecule has 3 rings (SSSR count). The van der Waals surface area contributed by atoms with Crippen molar-refractivity contribution in [2.24, 2.45) is 0 Å². The molecular weight excluding hydrogens is 528 g/mol. The van der Waals surface area contributed by atoms with Crippen LogP contribution in [0.5, 0.6) is 17.2 Å². The summed E-state index contributed by atoms with van der Waals surface area (Å²) in [6.07, 6.45) is 11.5. The van der Waals surface area contributed by atoms with Gasteiger partial charge >= 0.3 is 11.9 Å². The quantitative estimate of drug-likeness (QED) is 0.0587. The van der Waals surface area contributed by atoms with Crippen LogP contribution in [-0.4, -0.2) is 31.8 Å². The lowest BCUT2D eigenvalue weighted by Crippen LogP contribution is -2.08. The molecule has 0 unspecified atom stereocenters. The maximum Gasteiger partial charge on any atom is 0.343 e. The minimum Gasteiger partial charge on any atom is -0.494 e. The number of esters is 2. The molecule has 42 heavy (non-hydrogen) atoms. The topological polar surface area (TPSA) is 71.1 Å². The van der Waals surface area contributed by atoms with Crippen LogP contribution in [0.4, 0.5) is 0 Å². The number of hydrogen-bond donors (Lipinski definition) is 0. The summed E-state index contributed by atoms with van der Waals surface area (Å²) in [4.78, 5) is 23.6. The fourth-order valence-corrected chi connectivity index (χ4v) is 4.32. The van der Waals surface area contributed by atoms with Crippen LogP contribution in [0, 0.1) is 0 Å². The van der Waals surface area contributed by atoms with Crippen LogP contribution in [0.3, 0.4) is 0 Å². The maximum atomic E-state index is 12.6. The Balaban J connectivity index is 1.32. The Kier molecular flexibility index (Phi) is 14.8. The van der Waals surface area contributed by atoms with Crippen LogP contribution < -0.4 is 14.2 Å². The lowest BCUT2D eigenvalue weighted by molar-refractivity contribution is -0.137. The number of carbonyl (C=O) groups excluding carboxylic acids is 2. The molecule has 0 saturated heterocycles. The largest absolute Gasteiger partial charge is 0.494 e. The summed E-state index contributed by atoms with van der Waals surface area (Å²) in [5.74, 6) is 1.37. The van der Waals surface area contributed by atoms with Crippen molar-refractivity contribution < 1.29 is 28.5 Å². The number of ether oxygens (including phenoxy) is 4. The summed E-state index contributed by atoms with van der Waals surface area (Å²) in [7, 11) is 0. The minimum atomic E-state index is -0.404. The van der Waals surface area contributed by atoms with Gasteiger partial charge in [0.1, 0.15) is 17.2 Å². The number of carbonyl (C=O) groups is 2. The van der Waals surface area contributed by atoms with Crippen LogP contribution in [0.25, 0.3) is 0 Å². The van der Waals surface area contributed by atoms with Gasteiger partial charge in [-0.2, -0.15) is 0 Å². The van der Waals surface area contributed by atoms with E-state index in [1.807, 2.05) is 36.4 Å². The van der Waals surface area contributed by atoms with Crippen molar-refractivity contribution in [3.63, 3.8) is 0 Å². The zero-order valence-corrected chi connectivity index (χ0v) is 24.9. The molecule has 0 heterocycles. The number of benzene rings is 3. The molecule has 0 bridgehead atoms. The van der Waals surface area contributed by atoms with E-state index in [4.69, 9.17) is 18.9 Å². The molecule has 0 radical (unpaired) electrons. The lowest BCUT2D eigenvalue weighted by Gasteiger charge is -2.09. The van der Waals surface area contributed by atoms with E-state index in [1.165, 1.54) is 36.5 Å². The average Bonchev–Trinajstić information content (AvgIpc) is 3.02. The van der Waals surface area contributed by atoms with Gasteiger partial charge in [0.25, 0.3) is 0 Å². The van der Waals surface area contributed by atoms with E-state index < -0.39 is 5.97 Å². The van der Waals surface area contributed by atoms with Gasteiger partial charge in [-0.15, -0.1) is 0 Å². The van der Waals surface area contributed by atoms with E-state index in [0.717, 1.165) is 57.3 Å². The normalized spacial score (nSPS) is 10.6. The summed E-state index contributed by atoms with van der Waals surface area (Å²) >= 11 is 0. The van der Waals surface area contributed by atoms with Crippen LogP contribution in [0.1, 0.15) is 79.8 Å². The van der Waals surface area contributed by atoms with Crippen LogP contribution in [-0.2, 0) is 22.4 Å². The van der Waals surface area contributed by atoms with Gasteiger partial charge in [0.2, 0.25) is 0 Å². The van der Waals surface area contributed by atoms with Crippen molar-refractivity contribution >= 4 is 11.9 Å². The highest BCUT2D eigenvalue weighted by atomic mass is 16.5. The molecule has 0 saturated carbocycles. The van der Waals surface area contributed by atoms with E-state index in [2.05, 4.69) is 25.6 Å². The average molecular weight is 573 g/mol. The molecule has 224 valence electrons. The second-order valence-corrected chi connectivity index (χ2v) is 10.2. The minimum absolute atomic E-state index is 0.383. The third-order valence-corrected chi connectivity index (χ3v) is 6.83. The van der Waals surface area contributed by atoms with Gasteiger partial charge in [0.15, 0.2) is 0 Å². The predicted molar refractivity (Wildman–Crippen MR) is 166 cm³/mol. The molecule has 0 aliphatic heterocycles. The van der Waals surface area contributed by atoms with Crippen molar-refractivity contribution in [1.82, 2.24) is 0 Å². The highest BCUT2D eigenvalue weighted by Crippen LogP contribution is 2.19. The van der Waals surface area contributed by atoms with Crippen LogP contribution in [0.2, 0.25) is 0 Å². The molecule has 0 atom stereocenters. The van der Waals surface area contributed by atoms with Gasteiger partial charge in [0.05, 0.1) is 25.4 Å².